The van der Waals surface area contributed by atoms with Gasteiger partial charge in [-0.3, -0.25) is 4.84 Å². The summed E-state index contributed by atoms with van der Waals surface area (Å²) in [7, 11) is -3.63. The lowest BCUT2D eigenvalue weighted by Gasteiger charge is -2.14. The Balaban J connectivity index is 2.20. The van der Waals surface area contributed by atoms with E-state index in [4.69, 9.17) is 9.57 Å². The Bertz CT molecular complexity index is 546. The van der Waals surface area contributed by atoms with E-state index in [-0.39, 0.29) is 11.5 Å². The van der Waals surface area contributed by atoms with Crippen LogP contribution < -0.4 is 0 Å². The SMILES string of the molecule is CCOC(=O)c1ccc(S(=O)(=O)N2CCCO2)cc1. The van der Waals surface area contributed by atoms with Crippen LogP contribution in [0.2, 0.25) is 0 Å². The van der Waals surface area contributed by atoms with E-state index in [9.17, 15) is 13.2 Å². The molecule has 19 heavy (non-hydrogen) atoms. The maximum atomic E-state index is 12.1. The number of hydroxylamine groups is 1. The number of hydrogen-bond donors (Lipinski definition) is 0. The van der Waals surface area contributed by atoms with Crippen molar-refractivity contribution in [3.8, 4) is 0 Å². The minimum atomic E-state index is -3.63. The van der Waals surface area contributed by atoms with Crippen molar-refractivity contribution >= 4 is 16.0 Å². The molecule has 104 valence electrons. The van der Waals surface area contributed by atoms with Crippen LogP contribution >= 0.6 is 0 Å². The van der Waals surface area contributed by atoms with Crippen molar-refractivity contribution in [1.82, 2.24) is 4.47 Å². The highest BCUT2D eigenvalue weighted by molar-refractivity contribution is 7.89. The molecule has 1 fully saturated rings. The number of sulfonamides is 1. The van der Waals surface area contributed by atoms with E-state index >= 15 is 0 Å². The summed E-state index contributed by atoms with van der Waals surface area (Å²) < 4.78 is 30.1. The summed E-state index contributed by atoms with van der Waals surface area (Å²) in [4.78, 5) is 16.6. The Morgan fingerprint density at radius 3 is 2.58 bits per heavy atom. The molecule has 0 unspecified atom stereocenters. The first-order valence-corrected chi connectivity index (χ1v) is 7.42. The zero-order valence-corrected chi connectivity index (χ0v) is 11.4. The van der Waals surface area contributed by atoms with Gasteiger partial charge in [0.25, 0.3) is 10.0 Å². The van der Waals surface area contributed by atoms with Crippen molar-refractivity contribution in [2.75, 3.05) is 19.8 Å². The van der Waals surface area contributed by atoms with Crippen LogP contribution in [0.3, 0.4) is 0 Å². The van der Waals surface area contributed by atoms with Gasteiger partial charge in [0.1, 0.15) is 0 Å². The number of esters is 1. The molecule has 0 aromatic heterocycles. The van der Waals surface area contributed by atoms with Crippen LogP contribution in [0.4, 0.5) is 0 Å². The molecule has 1 aromatic rings. The summed E-state index contributed by atoms with van der Waals surface area (Å²) in [6.07, 6.45) is 0.681. The molecule has 1 heterocycles. The molecule has 1 aliphatic rings. The fourth-order valence-corrected chi connectivity index (χ4v) is 3.01. The van der Waals surface area contributed by atoms with Gasteiger partial charge < -0.3 is 4.74 Å². The molecule has 1 saturated heterocycles. The first-order chi connectivity index (χ1) is 9.05. The summed E-state index contributed by atoms with van der Waals surface area (Å²) in [6.45, 7) is 2.74. The molecule has 6 nitrogen and oxygen atoms in total. The molecule has 7 heteroatoms. The number of rotatable bonds is 4. The Hall–Kier alpha value is -1.44. The molecule has 1 aromatic carbocycles. The summed E-state index contributed by atoms with van der Waals surface area (Å²) in [5, 5.41) is 0. The highest BCUT2D eigenvalue weighted by atomic mass is 32.2. The summed E-state index contributed by atoms with van der Waals surface area (Å²) in [5.74, 6) is -0.469. The average Bonchev–Trinajstić information content (AvgIpc) is 2.94. The van der Waals surface area contributed by atoms with E-state index in [0.717, 1.165) is 4.47 Å². The second-order valence-electron chi connectivity index (χ2n) is 3.96. The summed E-state index contributed by atoms with van der Waals surface area (Å²) in [6, 6.07) is 5.62. The standard InChI is InChI=1S/C12H15NO5S/c1-2-17-12(14)10-4-6-11(7-5-10)19(15,16)13-8-3-9-18-13/h4-7H,2-3,8-9H2,1H3. The lowest BCUT2D eigenvalue weighted by Crippen LogP contribution is -2.26. The normalized spacial score (nSPS) is 16.5. The van der Waals surface area contributed by atoms with Gasteiger partial charge in [-0.15, -0.1) is 0 Å². The molecule has 0 radical (unpaired) electrons. The van der Waals surface area contributed by atoms with E-state index in [2.05, 4.69) is 0 Å². The Kier molecular flexibility index (Phi) is 4.18. The van der Waals surface area contributed by atoms with Crippen LogP contribution in [0.5, 0.6) is 0 Å². The van der Waals surface area contributed by atoms with E-state index in [0.29, 0.717) is 25.1 Å². The zero-order valence-electron chi connectivity index (χ0n) is 10.5. The third kappa shape index (κ3) is 2.94. The van der Waals surface area contributed by atoms with Crippen molar-refractivity contribution in [3.63, 3.8) is 0 Å². The number of carbonyl (C=O) groups excluding carboxylic acids is 1. The van der Waals surface area contributed by atoms with Crippen LogP contribution in [-0.4, -0.2) is 38.6 Å². The van der Waals surface area contributed by atoms with Gasteiger partial charge >= 0.3 is 5.97 Å². The molecular formula is C12H15NO5S. The predicted octanol–water partition coefficient (Wildman–Crippen LogP) is 1.19. The number of ether oxygens (including phenoxy) is 1. The summed E-state index contributed by atoms with van der Waals surface area (Å²) in [5.41, 5.74) is 0.322. The van der Waals surface area contributed by atoms with E-state index in [1.807, 2.05) is 0 Å². The third-order valence-electron chi connectivity index (χ3n) is 2.65. The predicted molar refractivity (Wildman–Crippen MR) is 66.9 cm³/mol. The molecule has 1 aliphatic heterocycles. The van der Waals surface area contributed by atoms with Gasteiger partial charge in [0.15, 0.2) is 0 Å². The van der Waals surface area contributed by atoms with Crippen molar-refractivity contribution < 1.29 is 22.8 Å². The minimum Gasteiger partial charge on any atom is -0.462 e. The second kappa shape index (κ2) is 5.68. The molecule has 0 bridgehead atoms. The van der Waals surface area contributed by atoms with Gasteiger partial charge in [0.2, 0.25) is 0 Å². The van der Waals surface area contributed by atoms with E-state index in [1.54, 1.807) is 6.92 Å². The van der Waals surface area contributed by atoms with Crippen LogP contribution in [0.15, 0.2) is 29.2 Å². The maximum absolute atomic E-state index is 12.1. The van der Waals surface area contributed by atoms with Crippen LogP contribution in [0, 0.1) is 0 Å². The lowest BCUT2D eigenvalue weighted by atomic mass is 10.2. The van der Waals surface area contributed by atoms with Crippen LogP contribution in [0.25, 0.3) is 0 Å². The topological polar surface area (TPSA) is 72.9 Å². The smallest absolute Gasteiger partial charge is 0.338 e. The first-order valence-electron chi connectivity index (χ1n) is 5.98. The Morgan fingerprint density at radius 2 is 2.05 bits per heavy atom. The molecular weight excluding hydrogens is 270 g/mol. The Labute approximate surface area is 111 Å². The number of benzene rings is 1. The zero-order chi connectivity index (χ0) is 13.9. The molecule has 0 N–H and O–H groups in total. The number of nitrogens with zero attached hydrogens (tertiary/aromatic N) is 1. The van der Waals surface area contributed by atoms with Gasteiger partial charge in [-0.1, -0.05) is 4.47 Å². The quantitative estimate of drug-likeness (QED) is 0.777. The molecule has 0 atom stereocenters. The molecule has 2 rings (SSSR count). The van der Waals surface area contributed by atoms with E-state index < -0.39 is 16.0 Å². The lowest BCUT2D eigenvalue weighted by molar-refractivity contribution is -0.0284. The molecule has 0 aliphatic carbocycles. The monoisotopic (exact) mass is 285 g/mol. The Morgan fingerprint density at radius 1 is 1.37 bits per heavy atom. The molecule has 0 amide bonds. The average molecular weight is 285 g/mol. The largest absolute Gasteiger partial charge is 0.462 e. The van der Waals surface area contributed by atoms with Gasteiger partial charge in [-0.2, -0.15) is 0 Å². The first kappa shape index (κ1) is 14.0. The van der Waals surface area contributed by atoms with Crippen molar-refractivity contribution in [2.45, 2.75) is 18.2 Å². The number of carbonyl (C=O) groups is 1. The fourth-order valence-electron chi connectivity index (χ4n) is 1.71. The van der Waals surface area contributed by atoms with Gasteiger partial charge in [0, 0.05) is 6.54 Å². The number of hydrogen-bond acceptors (Lipinski definition) is 5. The highest BCUT2D eigenvalue weighted by Crippen LogP contribution is 2.20. The summed E-state index contributed by atoms with van der Waals surface area (Å²) >= 11 is 0. The fraction of sp³-hybridized carbons (Fsp3) is 0.417. The van der Waals surface area contributed by atoms with Crippen LogP contribution in [-0.2, 0) is 19.6 Å². The van der Waals surface area contributed by atoms with E-state index in [1.165, 1.54) is 24.3 Å². The third-order valence-corrected chi connectivity index (χ3v) is 4.34. The van der Waals surface area contributed by atoms with Crippen molar-refractivity contribution in [1.29, 1.82) is 0 Å². The van der Waals surface area contributed by atoms with Crippen LogP contribution in [0.1, 0.15) is 23.7 Å². The highest BCUT2D eigenvalue weighted by Gasteiger charge is 2.28. The second-order valence-corrected chi connectivity index (χ2v) is 5.79. The maximum Gasteiger partial charge on any atom is 0.338 e. The van der Waals surface area contributed by atoms with Gasteiger partial charge in [-0.05, 0) is 37.6 Å². The molecule has 0 spiro atoms. The van der Waals surface area contributed by atoms with Crippen molar-refractivity contribution in [2.24, 2.45) is 0 Å². The van der Waals surface area contributed by atoms with Gasteiger partial charge in [-0.25, -0.2) is 13.2 Å². The van der Waals surface area contributed by atoms with Gasteiger partial charge in [0.05, 0.1) is 23.7 Å². The molecule has 0 saturated carbocycles. The minimum absolute atomic E-state index is 0.0995. The van der Waals surface area contributed by atoms with Crippen molar-refractivity contribution in [3.05, 3.63) is 29.8 Å².